The zero-order chi connectivity index (χ0) is 25.4. The molecule has 0 N–H and O–H groups in total. The van der Waals surface area contributed by atoms with E-state index in [1.165, 1.54) is 0 Å². The topological polar surface area (TPSA) is 98.5 Å². The van der Waals surface area contributed by atoms with Crippen LogP contribution in [0.15, 0.2) is 45.6 Å². The van der Waals surface area contributed by atoms with Crippen molar-refractivity contribution < 1.29 is 28.2 Å². The van der Waals surface area contributed by atoms with Crippen LogP contribution in [-0.2, 0) is 9.59 Å². The van der Waals surface area contributed by atoms with E-state index in [0.29, 0.717) is 60.0 Å². The van der Waals surface area contributed by atoms with Gasteiger partial charge in [0, 0.05) is 31.7 Å². The van der Waals surface area contributed by atoms with Gasteiger partial charge < -0.3 is 28.4 Å². The lowest BCUT2D eigenvalue weighted by molar-refractivity contribution is -0.146. The Labute approximate surface area is 208 Å². The summed E-state index contributed by atoms with van der Waals surface area (Å²) in [5, 5.41) is 0.692. The normalized spacial score (nSPS) is 17.2. The highest BCUT2D eigenvalue weighted by molar-refractivity contribution is 5.89. The van der Waals surface area contributed by atoms with Gasteiger partial charge in [-0.05, 0) is 56.2 Å². The molecule has 0 spiro atoms. The fraction of sp³-hybridized carbons (Fsp3) is 0.370. The highest BCUT2D eigenvalue weighted by Gasteiger charge is 2.33. The Bertz CT molecular complexity index is 1390. The number of carbonyl (C=O) groups excluding carboxylic acids is 2. The van der Waals surface area contributed by atoms with Crippen LogP contribution in [0.1, 0.15) is 16.7 Å². The lowest BCUT2D eigenvalue weighted by Gasteiger charge is -2.37. The van der Waals surface area contributed by atoms with Crippen LogP contribution in [-0.4, -0.2) is 67.1 Å². The average molecular weight is 493 g/mol. The molecule has 0 saturated carbocycles. The molecule has 1 fully saturated rings. The number of rotatable bonds is 4. The molecule has 36 heavy (non-hydrogen) atoms. The first-order chi connectivity index (χ1) is 17.3. The molecule has 1 saturated heterocycles. The standard InChI is InChI=1S/C27H28N2O7/c1-16-12-21(25-17(2)18(3)27(32)36-22(25)13-16)34-15-24(30)28-8-10-29(11-9-28)26(31)23-14-33-19-6-4-5-7-20(19)35-23/h4-7,12-13,23H,8-11,14-15H2,1-3H3/t23-/m0/s1. The molecule has 2 aliphatic rings. The van der Waals surface area contributed by atoms with Crippen LogP contribution < -0.4 is 19.8 Å². The molecule has 0 radical (unpaired) electrons. The molecule has 0 aliphatic carbocycles. The number of benzene rings is 2. The molecule has 3 heterocycles. The van der Waals surface area contributed by atoms with Crippen molar-refractivity contribution in [2.24, 2.45) is 0 Å². The molecule has 0 bridgehead atoms. The quantitative estimate of drug-likeness (QED) is 0.517. The van der Waals surface area contributed by atoms with Gasteiger partial charge in [-0.3, -0.25) is 9.59 Å². The average Bonchev–Trinajstić information content (AvgIpc) is 2.89. The van der Waals surface area contributed by atoms with E-state index in [-0.39, 0.29) is 30.7 Å². The smallest absolute Gasteiger partial charge is 0.339 e. The van der Waals surface area contributed by atoms with Crippen LogP contribution in [0.2, 0.25) is 0 Å². The van der Waals surface area contributed by atoms with Gasteiger partial charge in [-0.25, -0.2) is 4.79 Å². The number of fused-ring (bicyclic) bond motifs is 2. The minimum absolute atomic E-state index is 0.147. The zero-order valence-electron chi connectivity index (χ0n) is 20.5. The molecule has 9 heteroatoms. The molecule has 188 valence electrons. The predicted molar refractivity (Wildman–Crippen MR) is 132 cm³/mol. The number of hydrogen-bond donors (Lipinski definition) is 0. The molecular formula is C27H28N2O7. The van der Waals surface area contributed by atoms with E-state index < -0.39 is 6.10 Å². The first kappa shape index (κ1) is 23.7. The minimum Gasteiger partial charge on any atom is -0.485 e. The molecule has 2 amide bonds. The largest absolute Gasteiger partial charge is 0.485 e. The Balaban J connectivity index is 1.19. The molecule has 3 aromatic rings. The molecule has 1 atom stereocenters. The summed E-state index contributed by atoms with van der Waals surface area (Å²) in [6.07, 6.45) is -0.702. The van der Waals surface area contributed by atoms with Crippen LogP contribution in [0, 0.1) is 20.8 Å². The Morgan fingerprint density at radius 3 is 2.42 bits per heavy atom. The van der Waals surface area contributed by atoms with Crippen molar-refractivity contribution in [1.29, 1.82) is 0 Å². The first-order valence-corrected chi connectivity index (χ1v) is 11.9. The van der Waals surface area contributed by atoms with Gasteiger partial charge in [-0.2, -0.15) is 0 Å². The van der Waals surface area contributed by atoms with Crippen molar-refractivity contribution in [3.05, 3.63) is 63.5 Å². The van der Waals surface area contributed by atoms with E-state index >= 15 is 0 Å². The van der Waals surface area contributed by atoms with Gasteiger partial charge in [0.2, 0.25) is 6.10 Å². The third kappa shape index (κ3) is 4.48. The van der Waals surface area contributed by atoms with Gasteiger partial charge in [0.1, 0.15) is 17.9 Å². The number of para-hydroxylation sites is 2. The molecule has 9 nitrogen and oxygen atoms in total. The lowest BCUT2D eigenvalue weighted by Crippen LogP contribution is -2.55. The Kier molecular flexibility index (Phi) is 6.30. The Morgan fingerprint density at radius 2 is 1.67 bits per heavy atom. The van der Waals surface area contributed by atoms with Crippen LogP contribution in [0.4, 0.5) is 0 Å². The maximum absolute atomic E-state index is 13.0. The van der Waals surface area contributed by atoms with Crippen molar-refractivity contribution in [3.8, 4) is 17.2 Å². The number of nitrogens with zero attached hydrogens (tertiary/aromatic N) is 2. The van der Waals surface area contributed by atoms with E-state index in [2.05, 4.69) is 0 Å². The Hall–Kier alpha value is -4.01. The van der Waals surface area contributed by atoms with Gasteiger partial charge in [-0.15, -0.1) is 0 Å². The maximum Gasteiger partial charge on any atom is 0.339 e. The SMILES string of the molecule is Cc1cc(OCC(=O)N2CCN(C(=O)[C@@H]3COc4ccccc4O3)CC2)c2c(C)c(C)c(=O)oc2c1. The van der Waals surface area contributed by atoms with Crippen molar-refractivity contribution in [2.45, 2.75) is 26.9 Å². The number of aryl methyl sites for hydroxylation is 2. The van der Waals surface area contributed by atoms with Gasteiger partial charge in [-0.1, -0.05) is 12.1 Å². The fourth-order valence-electron chi connectivity index (χ4n) is 4.55. The Morgan fingerprint density at radius 1 is 0.972 bits per heavy atom. The fourth-order valence-corrected chi connectivity index (χ4v) is 4.55. The van der Waals surface area contributed by atoms with Crippen LogP contribution in [0.3, 0.4) is 0 Å². The second-order valence-electron chi connectivity index (χ2n) is 9.13. The zero-order valence-corrected chi connectivity index (χ0v) is 20.5. The van der Waals surface area contributed by atoms with Gasteiger partial charge in [0.05, 0.1) is 5.39 Å². The van der Waals surface area contributed by atoms with Crippen LogP contribution in [0.5, 0.6) is 17.2 Å². The predicted octanol–water partition coefficient (Wildman–Crippen LogP) is 2.61. The van der Waals surface area contributed by atoms with E-state index in [9.17, 15) is 14.4 Å². The molecule has 2 aliphatic heterocycles. The molecule has 5 rings (SSSR count). The molecule has 0 unspecified atom stereocenters. The second kappa shape index (κ2) is 9.56. The number of carbonyl (C=O) groups is 2. The van der Waals surface area contributed by atoms with Crippen molar-refractivity contribution in [3.63, 3.8) is 0 Å². The molecule has 2 aromatic carbocycles. The number of ether oxygens (including phenoxy) is 3. The van der Waals surface area contributed by atoms with Crippen molar-refractivity contribution in [2.75, 3.05) is 39.4 Å². The summed E-state index contributed by atoms with van der Waals surface area (Å²) in [4.78, 5) is 41.3. The summed E-state index contributed by atoms with van der Waals surface area (Å²) in [7, 11) is 0. The van der Waals surface area contributed by atoms with Crippen molar-refractivity contribution >= 4 is 22.8 Å². The van der Waals surface area contributed by atoms with E-state index in [4.69, 9.17) is 18.6 Å². The third-order valence-corrected chi connectivity index (χ3v) is 6.74. The highest BCUT2D eigenvalue weighted by Crippen LogP contribution is 2.32. The van der Waals surface area contributed by atoms with E-state index in [0.717, 1.165) is 11.1 Å². The minimum atomic E-state index is -0.702. The van der Waals surface area contributed by atoms with Gasteiger partial charge >= 0.3 is 5.63 Å². The summed E-state index contributed by atoms with van der Waals surface area (Å²) < 4.78 is 22.9. The monoisotopic (exact) mass is 492 g/mol. The number of hydrogen-bond acceptors (Lipinski definition) is 7. The van der Waals surface area contributed by atoms with Crippen molar-refractivity contribution in [1.82, 2.24) is 9.80 Å². The number of amides is 2. The summed E-state index contributed by atoms with van der Waals surface area (Å²) in [6, 6.07) is 10.9. The molecule has 1 aromatic heterocycles. The molecular weight excluding hydrogens is 464 g/mol. The summed E-state index contributed by atoms with van der Waals surface area (Å²) in [6.45, 7) is 7.05. The number of piperazine rings is 1. The van der Waals surface area contributed by atoms with E-state index in [1.54, 1.807) is 34.9 Å². The second-order valence-corrected chi connectivity index (χ2v) is 9.13. The summed E-state index contributed by atoms with van der Waals surface area (Å²) in [5.74, 6) is 1.37. The lowest BCUT2D eigenvalue weighted by atomic mass is 10.0. The van der Waals surface area contributed by atoms with Crippen LogP contribution in [0.25, 0.3) is 11.0 Å². The third-order valence-electron chi connectivity index (χ3n) is 6.74. The first-order valence-electron chi connectivity index (χ1n) is 11.9. The van der Waals surface area contributed by atoms with Gasteiger partial charge in [0.25, 0.3) is 11.8 Å². The van der Waals surface area contributed by atoms with Crippen LogP contribution >= 0.6 is 0 Å². The maximum atomic E-state index is 13.0. The summed E-state index contributed by atoms with van der Waals surface area (Å²) >= 11 is 0. The van der Waals surface area contributed by atoms with E-state index in [1.807, 2.05) is 32.0 Å². The summed E-state index contributed by atoms with van der Waals surface area (Å²) in [5.41, 5.74) is 2.20. The van der Waals surface area contributed by atoms with Gasteiger partial charge in [0.15, 0.2) is 18.1 Å². The highest BCUT2D eigenvalue weighted by atomic mass is 16.6.